The van der Waals surface area contributed by atoms with Gasteiger partial charge in [-0.1, -0.05) is 6.58 Å². The van der Waals surface area contributed by atoms with Gasteiger partial charge < -0.3 is 15.4 Å². The molecular formula is C15H17N4O4. The number of ether oxygens (including phenoxy) is 1. The lowest BCUT2D eigenvalue weighted by Crippen LogP contribution is -2.49. The molecule has 1 aromatic rings. The minimum atomic E-state index is -0.545. The molecule has 2 rings (SSSR count). The predicted octanol–water partition coefficient (Wildman–Crippen LogP) is -0.614. The number of rotatable bonds is 6. The molecule has 2 amide bonds. The molecular weight excluding hydrogens is 300 g/mol. The van der Waals surface area contributed by atoms with Crippen LogP contribution < -0.4 is 15.5 Å². The summed E-state index contributed by atoms with van der Waals surface area (Å²) in [4.78, 5) is 40.1. The fraction of sp³-hybridized carbons (Fsp3) is 0.333. The van der Waals surface area contributed by atoms with E-state index in [2.05, 4.69) is 22.2 Å². The smallest absolute Gasteiger partial charge is 0.257 e. The van der Waals surface area contributed by atoms with Crippen molar-refractivity contribution in [3.63, 3.8) is 0 Å². The zero-order valence-corrected chi connectivity index (χ0v) is 12.4. The number of amides is 2. The van der Waals surface area contributed by atoms with Gasteiger partial charge in [-0.2, -0.15) is 0 Å². The maximum Gasteiger partial charge on any atom is 0.257 e. The van der Waals surface area contributed by atoms with Crippen LogP contribution in [0, 0.1) is 0 Å². The van der Waals surface area contributed by atoms with Crippen molar-refractivity contribution in [2.75, 3.05) is 31.1 Å². The molecule has 0 aliphatic carbocycles. The Bertz CT molecular complexity index is 599. The number of carbonyl (C=O) groups excluding carboxylic acids is 3. The minimum absolute atomic E-state index is 0.0713. The van der Waals surface area contributed by atoms with Crippen LogP contribution in [0.5, 0.6) is 0 Å². The van der Waals surface area contributed by atoms with Crippen molar-refractivity contribution in [1.29, 1.82) is 0 Å². The molecule has 1 aliphatic rings. The van der Waals surface area contributed by atoms with Gasteiger partial charge in [-0.05, 0) is 18.2 Å². The molecule has 2 heterocycles. The van der Waals surface area contributed by atoms with Crippen LogP contribution in [0.1, 0.15) is 10.4 Å². The van der Waals surface area contributed by atoms with Crippen LogP contribution >= 0.6 is 0 Å². The Labute approximate surface area is 133 Å². The normalized spacial score (nSPS) is 17.1. The van der Waals surface area contributed by atoms with Gasteiger partial charge in [0.1, 0.15) is 12.0 Å². The summed E-state index contributed by atoms with van der Waals surface area (Å²) in [5.41, 5.74) is 0.159. The van der Waals surface area contributed by atoms with Gasteiger partial charge >= 0.3 is 0 Å². The molecule has 0 aromatic carbocycles. The summed E-state index contributed by atoms with van der Waals surface area (Å²) in [7, 11) is 0. The number of hydrogen-bond acceptors (Lipinski definition) is 6. The fourth-order valence-electron chi connectivity index (χ4n) is 2.10. The Morgan fingerprint density at radius 3 is 3.09 bits per heavy atom. The standard InChI is InChI=1S/C15H17N4O4/c1-2-13(21)19(7-8-20)14-11(4-3-5-17-14)15(22)18-12-10-16-6-9-23-12/h2-5,12,16H,1,6-7,9-10H2,(H,18,22). The van der Waals surface area contributed by atoms with Crippen LogP contribution in [0.25, 0.3) is 0 Å². The lowest BCUT2D eigenvalue weighted by molar-refractivity contribution is -0.114. The van der Waals surface area contributed by atoms with Crippen LogP contribution in [-0.4, -0.2) is 55.6 Å². The summed E-state index contributed by atoms with van der Waals surface area (Å²) in [5, 5.41) is 5.80. The van der Waals surface area contributed by atoms with E-state index in [0.717, 1.165) is 17.5 Å². The Hall–Kier alpha value is -2.58. The summed E-state index contributed by atoms with van der Waals surface area (Å²) >= 11 is 0. The third-order valence-electron chi connectivity index (χ3n) is 3.17. The van der Waals surface area contributed by atoms with E-state index in [-0.39, 0.29) is 17.9 Å². The summed E-state index contributed by atoms with van der Waals surface area (Å²) in [5.74, 6) is -0.923. The molecule has 2 N–H and O–H groups in total. The van der Waals surface area contributed by atoms with Gasteiger partial charge in [-0.25, -0.2) is 4.98 Å². The van der Waals surface area contributed by atoms with E-state index in [1.165, 1.54) is 12.3 Å². The Morgan fingerprint density at radius 2 is 2.43 bits per heavy atom. The first-order chi connectivity index (χ1) is 11.2. The number of carbonyl (C=O) groups is 2. The van der Waals surface area contributed by atoms with Crippen LogP contribution in [0.15, 0.2) is 31.0 Å². The predicted molar refractivity (Wildman–Crippen MR) is 82.6 cm³/mol. The van der Waals surface area contributed by atoms with Gasteiger partial charge in [0.05, 0.1) is 18.7 Å². The van der Waals surface area contributed by atoms with Crippen LogP contribution in [-0.2, 0) is 14.3 Å². The summed E-state index contributed by atoms with van der Waals surface area (Å²) in [6.07, 6.45) is 3.64. The first kappa shape index (κ1) is 16.8. The molecule has 1 fully saturated rings. The SMILES string of the molecule is C=CC(=O)N(C[C]=O)c1ncccc1C(=O)NC1CNCCO1. The number of nitrogens with one attached hydrogen (secondary N) is 2. The Morgan fingerprint density at radius 1 is 1.61 bits per heavy atom. The molecule has 1 aromatic heterocycles. The molecule has 1 unspecified atom stereocenters. The van der Waals surface area contributed by atoms with Crippen molar-refractivity contribution < 1.29 is 19.1 Å². The molecule has 8 heteroatoms. The second-order valence-corrected chi connectivity index (χ2v) is 4.68. The summed E-state index contributed by atoms with van der Waals surface area (Å²) < 4.78 is 5.41. The van der Waals surface area contributed by atoms with Gasteiger partial charge in [-0.3, -0.25) is 19.3 Å². The molecule has 1 radical (unpaired) electrons. The van der Waals surface area contributed by atoms with Crippen LogP contribution in [0.4, 0.5) is 5.82 Å². The highest BCUT2D eigenvalue weighted by Crippen LogP contribution is 2.17. The van der Waals surface area contributed by atoms with Gasteiger partial charge in [0.25, 0.3) is 11.8 Å². The first-order valence-electron chi connectivity index (χ1n) is 7.04. The number of pyridine rings is 1. The van der Waals surface area contributed by atoms with Crippen molar-refractivity contribution in [2.24, 2.45) is 0 Å². The van der Waals surface area contributed by atoms with E-state index in [9.17, 15) is 14.4 Å². The highest BCUT2D eigenvalue weighted by Gasteiger charge is 2.24. The van der Waals surface area contributed by atoms with Gasteiger partial charge in [0, 0.05) is 19.3 Å². The molecule has 1 atom stereocenters. The second kappa shape index (κ2) is 8.16. The average molecular weight is 317 g/mol. The lowest BCUT2D eigenvalue weighted by atomic mass is 10.2. The van der Waals surface area contributed by atoms with E-state index in [4.69, 9.17) is 4.74 Å². The van der Waals surface area contributed by atoms with Crippen molar-refractivity contribution in [3.8, 4) is 0 Å². The number of nitrogens with zero attached hydrogens (tertiary/aromatic N) is 2. The lowest BCUT2D eigenvalue weighted by Gasteiger charge is -2.25. The molecule has 0 saturated carbocycles. The third kappa shape index (κ3) is 4.21. The number of hydrogen-bond donors (Lipinski definition) is 2. The van der Waals surface area contributed by atoms with E-state index in [0.29, 0.717) is 13.2 Å². The van der Waals surface area contributed by atoms with Crippen molar-refractivity contribution >= 4 is 23.9 Å². The largest absolute Gasteiger partial charge is 0.356 e. The first-order valence-corrected chi connectivity index (χ1v) is 7.04. The molecule has 8 nitrogen and oxygen atoms in total. The van der Waals surface area contributed by atoms with E-state index >= 15 is 0 Å². The average Bonchev–Trinajstić information content (AvgIpc) is 2.60. The quantitative estimate of drug-likeness (QED) is 0.679. The van der Waals surface area contributed by atoms with Gasteiger partial charge in [-0.15, -0.1) is 0 Å². The van der Waals surface area contributed by atoms with Crippen LogP contribution in [0.3, 0.4) is 0 Å². The molecule has 0 spiro atoms. The third-order valence-corrected chi connectivity index (χ3v) is 3.17. The zero-order valence-electron chi connectivity index (χ0n) is 12.4. The molecule has 0 bridgehead atoms. The van der Waals surface area contributed by atoms with Gasteiger partial charge in [0.2, 0.25) is 6.29 Å². The number of aromatic nitrogens is 1. The van der Waals surface area contributed by atoms with Crippen molar-refractivity contribution in [1.82, 2.24) is 15.6 Å². The number of anilines is 1. The highest BCUT2D eigenvalue weighted by atomic mass is 16.5. The summed E-state index contributed by atoms with van der Waals surface area (Å²) in [6, 6.07) is 3.08. The molecule has 23 heavy (non-hydrogen) atoms. The second-order valence-electron chi connectivity index (χ2n) is 4.68. The Kier molecular flexibility index (Phi) is 5.95. The van der Waals surface area contributed by atoms with Crippen molar-refractivity contribution in [2.45, 2.75) is 6.23 Å². The van der Waals surface area contributed by atoms with Crippen LogP contribution in [0.2, 0.25) is 0 Å². The van der Waals surface area contributed by atoms with Gasteiger partial charge in [0.15, 0.2) is 0 Å². The van der Waals surface area contributed by atoms with E-state index in [1.54, 1.807) is 12.4 Å². The van der Waals surface area contributed by atoms with E-state index in [1.807, 2.05) is 0 Å². The topological polar surface area (TPSA) is 101 Å². The molecule has 1 saturated heterocycles. The monoisotopic (exact) mass is 317 g/mol. The maximum absolute atomic E-state index is 12.4. The van der Waals surface area contributed by atoms with Crippen molar-refractivity contribution in [3.05, 3.63) is 36.5 Å². The number of morpholine rings is 1. The Balaban J connectivity index is 2.24. The molecule has 121 valence electrons. The highest BCUT2D eigenvalue weighted by molar-refractivity contribution is 6.07. The zero-order chi connectivity index (χ0) is 16.7. The fourth-order valence-corrected chi connectivity index (χ4v) is 2.10. The molecule has 1 aliphatic heterocycles. The maximum atomic E-state index is 12.4. The summed E-state index contributed by atoms with van der Waals surface area (Å²) in [6.45, 7) is 4.74. The minimum Gasteiger partial charge on any atom is -0.356 e. The van der Waals surface area contributed by atoms with E-state index < -0.39 is 18.0 Å².